The summed E-state index contributed by atoms with van der Waals surface area (Å²) in [5.74, 6) is 2.62. The van der Waals surface area contributed by atoms with Crippen molar-refractivity contribution in [1.29, 1.82) is 0 Å². The number of anilines is 1. The highest BCUT2D eigenvalue weighted by Gasteiger charge is 2.36. The molecule has 2 atom stereocenters. The minimum atomic E-state index is -0.415. The molecule has 1 aliphatic carbocycles. The fourth-order valence-electron chi connectivity index (χ4n) is 4.73. The summed E-state index contributed by atoms with van der Waals surface area (Å²) < 4.78 is 16.7. The van der Waals surface area contributed by atoms with E-state index in [1.54, 1.807) is 21.3 Å². The summed E-state index contributed by atoms with van der Waals surface area (Å²) in [6.07, 6.45) is 0.944. The zero-order valence-corrected chi connectivity index (χ0v) is 17.4. The van der Waals surface area contributed by atoms with Gasteiger partial charge in [-0.15, -0.1) is 0 Å². The van der Waals surface area contributed by atoms with Gasteiger partial charge >= 0.3 is 0 Å². The Morgan fingerprint density at radius 2 is 1.34 bits per heavy atom. The van der Waals surface area contributed by atoms with Crippen molar-refractivity contribution in [2.45, 2.75) is 25.0 Å². The molecule has 156 valence electrons. The molecule has 0 bridgehead atoms. The maximum Gasteiger partial charge on any atom is 0.142 e. The maximum atomic E-state index is 10.9. The molecule has 0 saturated carbocycles. The highest BCUT2D eigenvalue weighted by Crippen LogP contribution is 2.38. The second-order valence-electron chi connectivity index (χ2n) is 7.66. The van der Waals surface area contributed by atoms with E-state index >= 15 is 0 Å². The number of para-hydroxylation sites is 2. The average molecular weight is 399 g/mol. The molecular weight excluding hydrogens is 368 g/mol. The van der Waals surface area contributed by atoms with Gasteiger partial charge in [-0.05, 0) is 30.7 Å². The van der Waals surface area contributed by atoms with Crippen molar-refractivity contribution >= 4 is 5.69 Å². The number of benzene rings is 2. The maximum absolute atomic E-state index is 10.9. The molecule has 2 aromatic carbocycles. The van der Waals surface area contributed by atoms with Crippen LogP contribution in [0, 0.1) is 0 Å². The Kier molecular flexibility index (Phi) is 5.83. The Labute approximate surface area is 172 Å². The molecule has 0 aromatic heterocycles. The molecule has 1 saturated heterocycles. The third-order valence-electron chi connectivity index (χ3n) is 6.26. The van der Waals surface area contributed by atoms with Crippen LogP contribution in [0.5, 0.6) is 17.2 Å². The Morgan fingerprint density at radius 3 is 1.97 bits per heavy atom. The van der Waals surface area contributed by atoms with Gasteiger partial charge in [-0.3, -0.25) is 4.90 Å². The monoisotopic (exact) mass is 398 g/mol. The predicted octanol–water partition coefficient (Wildman–Crippen LogP) is 2.36. The van der Waals surface area contributed by atoms with E-state index < -0.39 is 6.10 Å². The first-order chi connectivity index (χ1) is 14.2. The SMILES string of the molecule is COc1ccccc1N1CCN([C@H]2Cc3c(OC)ccc(OC)c3C[C@@H]2O)CC1. The Morgan fingerprint density at radius 1 is 0.759 bits per heavy atom. The Bertz CT molecular complexity index is 849. The van der Waals surface area contributed by atoms with Crippen LogP contribution in [-0.2, 0) is 12.8 Å². The van der Waals surface area contributed by atoms with E-state index in [-0.39, 0.29) is 6.04 Å². The lowest BCUT2D eigenvalue weighted by molar-refractivity contribution is 0.0384. The van der Waals surface area contributed by atoms with Crippen LogP contribution in [0.4, 0.5) is 5.69 Å². The van der Waals surface area contributed by atoms with Crippen molar-refractivity contribution in [3.8, 4) is 17.2 Å². The molecule has 0 radical (unpaired) electrons. The van der Waals surface area contributed by atoms with Crippen LogP contribution in [0.3, 0.4) is 0 Å². The number of rotatable bonds is 5. The first-order valence-corrected chi connectivity index (χ1v) is 10.2. The number of ether oxygens (including phenoxy) is 3. The molecule has 6 heteroatoms. The van der Waals surface area contributed by atoms with Gasteiger partial charge < -0.3 is 24.2 Å². The van der Waals surface area contributed by atoms with Crippen LogP contribution in [-0.4, -0.2) is 69.7 Å². The lowest BCUT2D eigenvalue weighted by Crippen LogP contribution is -2.56. The normalized spacial score (nSPS) is 22.1. The van der Waals surface area contributed by atoms with Crippen molar-refractivity contribution in [2.24, 2.45) is 0 Å². The van der Waals surface area contributed by atoms with Gasteiger partial charge in [0.25, 0.3) is 0 Å². The number of aliphatic hydroxyl groups is 1. The van der Waals surface area contributed by atoms with E-state index in [2.05, 4.69) is 15.9 Å². The van der Waals surface area contributed by atoms with Crippen molar-refractivity contribution in [3.63, 3.8) is 0 Å². The number of nitrogens with zero attached hydrogens (tertiary/aromatic N) is 2. The summed E-state index contributed by atoms with van der Waals surface area (Å²) in [5.41, 5.74) is 3.37. The quantitative estimate of drug-likeness (QED) is 0.835. The largest absolute Gasteiger partial charge is 0.496 e. The number of piperazine rings is 1. The average Bonchev–Trinajstić information content (AvgIpc) is 2.78. The molecule has 1 fully saturated rings. The summed E-state index contributed by atoms with van der Waals surface area (Å²) >= 11 is 0. The zero-order chi connectivity index (χ0) is 20.4. The molecular formula is C23H30N2O4. The van der Waals surface area contributed by atoms with Crippen molar-refractivity contribution in [1.82, 2.24) is 4.90 Å². The van der Waals surface area contributed by atoms with Crippen molar-refractivity contribution in [3.05, 3.63) is 47.5 Å². The molecule has 6 nitrogen and oxygen atoms in total. The molecule has 1 heterocycles. The molecule has 0 amide bonds. The molecule has 1 aliphatic heterocycles. The highest BCUT2D eigenvalue weighted by atomic mass is 16.5. The molecule has 1 N–H and O–H groups in total. The topological polar surface area (TPSA) is 54.4 Å². The Balaban J connectivity index is 1.50. The Hall–Kier alpha value is -2.44. The van der Waals surface area contributed by atoms with Crippen molar-refractivity contribution in [2.75, 3.05) is 52.4 Å². The van der Waals surface area contributed by atoms with E-state index in [0.717, 1.165) is 66.7 Å². The number of fused-ring (bicyclic) bond motifs is 1. The summed E-state index contributed by atoms with van der Waals surface area (Å²) in [6.45, 7) is 3.63. The van der Waals surface area contributed by atoms with Crippen LogP contribution in [0.15, 0.2) is 36.4 Å². The van der Waals surface area contributed by atoms with Gasteiger partial charge in [0.1, 0.15) is 17.2 Å². The van der Waals surface area contributed by atoms with E-state index in [1.807, 2.05) is 30.3 Å². The van der Waals surface area contributed by atoms with E-state index in [0.29, 0.717) is 6.42 Å². The highest BCUT2D eigenvalue weighted by molar-refractivity contribution is 5.58. The standard InChI is InChI=1S/C23H30N2O4/c1-27-21-8-9-22(28-2)17-15-20(26)19(14-16(17)21)25-12-10-24(11-13-25)18-6-4-5-7-23(18)29-3/h4-9,19-20,26H,10-15H2,1-3H3/t19-,20-/m0/s1. The number of hydrogen-bond donors (Lipinski definition) is 1. The van der Waals surface area contributed by atoms with E-state index in [9.17, 15) is 5.11 Å². The van der Waals surface area contributed by atoms with Crippen LogP contribution in [0.25, 0.3) is 0 Å². The second-order valence-corrected chi connectivity index (χ2v) is 7.66. The molecule has 0 spiro atoms. The molecule has 0 unspecified atom stereocenters. The van der Waals surface area contributed by atoms with E-state index in [4.69, 9.17) is 14.2 Å². The fourth-order valence-corrected chi connectivity index (χ4v) is 4.73. The summed E-state index contributed by atoms with van der Waals surface area (Å²) in [4.78, 5) is 4.78. The smallest absolute Gasteiger partial charge is 0.142 e. The number of hydrogen-bond acceptors (Lipinski definition) is 6. The van der Waals surface area contributed by atoms with Gasteiger partial charge in [0.15, 0.2) is 0 Å². The van der Waals surface area contributed by atoms with E-state index in [1.165, 1.54) is 0 Å². The van der Waals surface area contributed by atoms with Crippen LogP contribution in [0.1, 0.15) is 11.1 Å². The number of methoxy groups -OCH3 is 3. The van der Waals surface area contributed by atoms with Gasteiger partial charge in [0, 0.05) is 49.8 Å². The first kappa shape index (κ1) is 19.9. The molecule has 2 aliphatic rings. The molecule has 29 heavy (non-hydrogen) atoms. The summed E-state index contributed by atoms with van der Waals surface area (Å²) in [7, 11) is 5.10. The van der Waals surface area contributed by atoms with Crippen molar-refractivity contribution < 1.29 is 19.3 Å². The number of aliphatic hydroxyl groups excluding tert-OH is 1. The van der Waals surface area contributed by atoms with Gasteiger partial charge in [-0.2, -0.15) is 0 Å². The van der Waals surface area contributed by atoms with Crippen LogP contribution >= 0.6 is 0 Å². The predicted molar refractivity (Wildman–Crippen MR) is 114 cm³/mol. The molecule has 4 rings (SSSR count). The third kappa shape index (κ3) is 3.74. The lowest BCUT2D eigenvalue weighted by atomic mass is 9.84. The summed E-state index contributed by atoms with van der Waals surface area (Å²) in [6, 6.07) is 12.1. The minimum absolute atomic E-state index is 0.0864. The second kappa shape index (κ2) is 8.51. The first-order valence-electron chi connectivity index (χ1n) is 10.2. The van der Waals surface area contributed by atoms with Gasteiger partial charge in [-0.25, -0.2) is 0 Å². The van der Waals surface area contributed by atoms with Gasteiger partial charge in [0.2, 0.25) is 0 Å². The van der Waals surface area contributed by atoms with Gasteiger partial charge in [0.05, 0.1) is 33.1 Å². The van der Waals surface area contributed by atoms with Crippen LogP contribution in [0.2, 0.25) is 0 Å². The zero-order valence-electron chi connectivity index (χ0n) is 17.4. The third-order valence-corrected chi connectivity index (χ3v) is 6.26. The fraction of sp³-hybridized carbons (Fsp3) is 0.478. The van der Waals surface area contributed by atoms with Crippen LogP contribution < -0.4 is 19.1 Å². The lowest BCUT2D eigenvalue weighted by Gasteiger charge is -2.44. The van der Waals surface area contributed by atoms with Gasteiger partial charge in [-0.1, -0.05) is 12.1 Å². The summed E-state index contributed by atoms with van der Waals surface area (Å²) in [5, 5.41) is 10.9. The minimum Gasteiger partial charge on any atom is -0.496 e. The molecule has 2 aromatic rings.